The fraction of sp³-hybridized carbons (Fsp3) is 0.838. The zero-order valence-electron chi connectivity index (χ0n) is 30.6. The zero-order valence-corrected chi connectivity index (χ0v) is 30.6. The van der Waals surface area contributed by atoms with E-state index in [9.17, 15) is 0 Å². The summed E-state index contributed by atoms with van der Waals surface area (Å²) >= 11 is 0. The maximum absolute atomic E-state index is 5.78. The molecule has 0 bridgehead atoms. The molecule has 0 fully saturated rings. The fourth-order valence-corrected chi connectivity index (χ4v) is 4.42. The monoisotopic (exact) mass is 703 g/mol. The van der Waals surface area contributed by atoms with E-state index < -0.39 is 0 Å². The van der Waals surface area contributed by atoms with Gasteiger partial charge in [-0.1, -0.05) is 57.6 Å². The Bertz CT molecular complexity index is 760. The van der Waals surface area contributed by atoms with Gasteiger partial charge in [0, 0.05) is 6.54 Å². The molecule has 0 aliphatic carbocycles. The molecule has 0 aliphatic heterocycles. The van der Waals surface area contributed by atoms with Gasteiger partial charge in [0.25, 0.3) is 0 Å². The predicted molar refractivity (Wildman–Crippen MR) is 191 cm³/mol. The van der Waals surface area contributed by atoms with Crippen LogP contribution in [0.15, 0.2) is 24.3 Å². The van der Waals surface area contributed by atoms with Gasteiger partial charge < -0.3 is 57.8 Å². The van der Waals surface area contributed by atoms with Gasteiger partial charge in [-0.3, -0.25) is 0 Å². The molecule has 0 spiro atoms. The number of benzene rings is 1. The van der Waals surface area contributed by atoms with Gasteiger partial charge in [0.1, 0.15) is 12.4 Å². The van der Waals surface area contributed by atoms with Crippen LogP contribution >= 0.6 is 0 Å². The lowest BCUT2D eigenvalue weighted by atomic mass is 10.0. The molecule has 0 heterocycles. The standard InChI is InChI=1S/C37H69NO11/c1-2-3-4-5-6-7-8-9-36-10-12-37(13-11-36)49-35-34-48-33-32-47-31-30-46-29-28-45-27-26-44-25-24-43-23-22-42-21-20-41-19-18-40-17-16-39-15-14-38/h10-13H,2-9,14-35,38H2,1H3. The van der Waals surface area contributed by atoms with Crippen LogP contribution in [0.2, 0.25) is 0 Å². The van der Waals surface area contributed by atoms with Crippen molar-refractivity contribution in [3.05, 3.63) is 29.8 Å². The van der Waals surface area contributed by atoms with Crippen molar-refractivity contribution in [3.63, 3.8) is 0 Å². The van der Waals surface area contributed by atoms with Crippen molar-refractivity contribution in [1.82, 2.24) is 0 Å². The van der Waals surface area contributed by atoms with Crippen LogP contribution in [-0.4, -0.2) is 145 Å². The Morgan fingerprint density at radius 1 is 0.367 bits per heavy atom. The number of ether oxygens (including phenoxy) is 11. The molecular weight excluding hydrogens is 634 g/mol. The fourth-order valence-electron chi connectivity index (χ4n) is 4.42. The van der Waals surface area contributed by atoms with Crippen LogP contribution in [0.4, 0.5) is 0 Å². The predicted octanol–water partition coefficient (Wildman–Crippen LogP) is 4.48. The zero-order chi connectivity index (χ0) is 35.0. The first kappa shape index (κ1) is 45.6. The van der Waals surface area contributed by atoms with E-state index in [1.54, 1.807) is 0 Å². The van der Waals surface area contributed by atoms with Gasteiger partial charge in [-0.2, -0.15) is 0 Å². The summed E-state index contributed by atoms with van der Waals surface area (Å²) in [5.74, 6) is 0.887. The maximum atomic E-state index is 5.78. The third-order valence-corrected chi connectivity index (χ3v) is 7.10. The minimum absolute atomic E-state index is 0.515. The molecule has 288 valence electrons. The molecule has 0 radical (unpaired) electrons. The molecule has 0 saturated heterocycles. The number of rotatable bonds is 41. The second-order valence-corrected chi connectivity index (χ2v) is 11.3. The van der Waals surface area contributed by atoms with E-state index in [1.807, 2.05) is 0 Å². The molecule has 0 aliphatic rings. The summed E-state index contributed by atoms with van der Waals surface area (Å²) in [7, 11) is 0. The van der Waals surface area contributed by atoms with Crippen molar-refractivity contribution >= 4 is 0 Å². The largest absolute Gasteiger partial charge is 0.491 e. The quantitative estimate of drug-likeness (QED) is 0.0967. The summed E-state index contributed by atoms with van der Waals surface area (Å²) in [5.41, 5.74) is 6.72. The van der Waals surface area contributed by atoms with Gasteiger partial charge in [-0.25, -0.2) is 0 Å². The summed E-state index contributed by atoms with van der Waals surface area (Å²) in [4.78, 5) is 0. The smallest absolute Gasteiger partial charge is 0.119 e. The Hall–Kier alpha value is -1.42. The van der Waals surface area contributed by atoms with Gasteiger partial charge in [0.2, 0.25) is 0 Å². The molecule has 1 rings (SSSR count). The van der Waals surface area contributed by atoms with Gasteiger partial charge in [-0.05, 0) is 30.5 Å². The molecule has 0 atom stereocenters. The minimum atomic E-state index is 0.515. The molecule has 12 heteroatoms. The van der Waals surface area contributed by atoms with Crippen LogP contribution < -0.4 is 10.5 Å². The lowest BCUT2D eigenvalue weighted by Crippen LogP contribution is -2.15. The number of nitrogens with two attached hydrogens (primary N) is 1. The minimum Gasteiger partial charge on any atom is -0.491 e. The normalized spacial score (nSPS) is 11.5. The Kier molecular flexibility index (Phi) is 36.6. The summed E-state index contributed by atoms with van der Waals surface area (Å²) in [6.45, 7) is 13.9. The van der Waals surface area contributed by atoms with Crippen molar-refractivity contribution in [2.75, 3.05) is 145 Å². The number of hydrogen-bond acceptors (Lipinski definition) is 12. The number of hydrogen-bond donors (Lipinski definition) is 1. The summed E-state index contributed by atoms with van der Waals surface area (Å²) < 4.78 is 60.4. The first-order valence-corrected chi connectivity index (χ1v) is 18.6. The van der Waals surface area contributed by atoms with Crippen LogP contribution in [0.25, 0.3) is 0 Å². The highest BCUT2D eigenvalue weighted by atomic mass is 16.6. The SMILES string of the molecule is CCCCCCCCCc1ccc(OCCOCCOCCOCCOCCOCCOCCOCCOCCOCCOCCN)cc1. The lowest BCUT2D eigenvalue weighted by molar-refractivity contribution is -0.0266. The molecular formula is C37H69NO11. The highest BCUT2D eigenvalue weighted by molar-refractivity contribution is 5.27. The van der Waals surface area contributed by atoms with E-state index in [0.717, 1.165) is 12.2 Å². The van der Waals surface area contributed by atoms with Crippen LogP contribution in [0.5, 0.6) is 5.75 Å². The Labute approximate surface area is 296 Å². The van der Waals surface area contributed by atoms with E-state index in [-0.39, 0.29) is 0 Å². The lowest BCUT2D eigenvalue weighted by Gasteiger charge is -2.09. The molecule has 12 nitrogen and oxygen atoms in total. The third kappa shape index (κ3) is 34.8. The van der Waals surface area contributed by atoms with E-state index >= 15 is 0 Å². The average molecular weight is 704 g/mol. The molecule has 0 aromatic heterocycles. The van der Waals surface area contributed by atoms with Crippen LogP contribution in [0.1, 0.15) is 57.4 Å². The third-order valence-electron chi connectivity index (χ3n) is 7.10. The molecule has 2 N–H and O–H groups in total. The average Bonchev–Trinajstić information content (AvgIpc) is 3.12. The number of unbranched alkanes of at least 4 members (excludes halogenated alkanes) is 6. The highest BCUT2D eigenvalue weighted by Crippen LogP contribution is 2.15. The van der Waals surface area contributed by atoms with Gasteiger partial charge >= 0.3 is 0 Å². The van der Waals surface area contributed by atoms with E-state index in [4.69, 9.17) is 57.8 Å². The van der Waals surface area contributed by atoms with Crippen molar-refractivity contribution in [2.24, 2.45) is 5.73 Å². The van der Waals surface area contributed by atoms with Gasteiger partial charge in [-0.15, -0.1) is 0 Å². The van der Waals surface area contributed by atoms with E-state index in [2.05, 4.69) is 31.2 Å². The molecule has 0 unspecified atom stereocenters. The van der Waals surface area contributed by atoms with Crippen LogP contribution in [-0.2, 0) is 53.8 Å². The van der Waals surface area contributed by atoms with Crippen molar-refractivity contribution < 1.29 is 52.1 Å². The van der Waals surface area contributed by atoms with Gasteiger partial charge in [0.05, 0.1) is 132 Å². The molecule has 49 heavy (non-hydrogen) atoms. The van der Waals surface area contributed by atoms with E-state index in [1.165, 1.54) is 50.5 Å². The second kappa shape index (κ2) is 39.4. The van der Waals surface area contributed by atoms with Crippen molar-refractivity contribution in [2.45, 2.75) is 58.3 Å². The Morgan fingerprint density at radius 2 is 0.673 bits per heavy atom. The first-order valence-electron chi connectivity index (χ1n) is 18.6. The summed E-state index contributed by atoms with van der Waals surface area (Å²) in [6.07, 6.45) is 10.5. The second-order valence-electron chi connectivity index (χ2n) is 11.3. The van der Waals surface area contributed by atoms with Crippen LogP contribution in [0, 0.1) is 0 Å². The molecule has 0 amide bonds. The maximum Gasteiger partial charge on any atom is 0.119 e. The van der Waals surface area contributed by atoms with Crippen LogP contribution in [0.3, 0.4) is 0 Å². The topological polar surface area (TPSA) is 128 Å². The summed E-state index contributed by atoms with van der Waals surface area (Å²) in [5, 5.41) is 0. The molecule has 1 aromatic carbocycles. The first-order chi connectivity index (χ1) is 24.4. The highest BCUT2D eigenvalue weighted by Gasteiger charge is 1.99. The molecule has 1 aromatic rings. The van der Waals surface area contributed by atoms with E-state index in [0.29, 0.717) is 145 Å². The van der Waals surface area contributed by atoms with Crippen molar-refractivity contribution in [1.29, 1.82) is 0 Å². The summed E-state index contributed by atoms with van der Waals surface area (Å²) in [6, 6.07) is 8.45. The Morgan fingerprint density at radius 3 is 1.02 bits per heavy atom. The molecule has 0 saturated carbocycles. The van der Waals surface area contributed by atoms with Crippen molar-refractivity contribution in [3.8, 4) is 5.75 Å². The van der Waals surface area contributed by atoms with Gasteiger partial charge in [0.15, 0.2) is 0 Å². The number of aryl methyl sites for hydroxylation is 1. The Balaban J connectivity index is 1.70.